The Morgan fingerprint density at radius 3 is 2.69 bits per heavy atom. The van der Waals surface area contributed by atoms with Gasteiger partial charge in [-0.25, -0.2) is 8.42 Å². The fourth-order valence-electron chi connectivity index (χ4n) is 1.16. The van der Waals surface area contributed by atoms with Crippen LogP contribution < -0.4 is 5.32 Å². The molecule has 0 amide bonds. The van der Waals surface area contributed by atoms with Gasteiger partial charge in [-0.1, -0.05) is 6.08 Å². The molecule has 0 aliphatic heterocycles. The molecule has 0 fully saturated rings. The fourth-order valence-corrected chi connectivity index (χ4v) is 1.58. The van der Waals surface area contributed by atoms with Crippen molar-refractivity contribution in [3.63, 3.8) is 0 Å². The Hall–Kier alpha value is -0.390. The van der Waals surface area contributed by atoms with E-state index >= 15 is 0 Å². The van der Waals surface area contributed by atoms with Gasteiger partial charge >= 0.3 is 0 Å². The summed E-state index contributed by atoms with van der Waals surface area (Å²) < 4.78 is 26.8. The van der Waals surface area contributed by atoms with Gasteiger partial charge in [0.05, 0.1) is 19.0 Å². The van der Waals surface area contributed by atoms with E-state index in [2.05, 4.69) is 18.8 Å². The Bertz CT molecular complexity index is 275. The van der Waals surface area contributed by atoms with Gasteiger partial charge in [-0.15, -0.1) is 6.58 Å². The lowest BCUT2D eigenvalue weighted by molar-refractivity contribution is 0.148. The molecule has 0 saturated heterocycles. The lowest BCUT2D eigenvalue weighted by Gasteiger charge is -2.12. The zero-order chi connectivity index (χ0) is 12.4. The average Bonchev–Trinajstić information content (AvgIpc) is 2.18. The van der Waals surface area contributed by atoms with Crippen LogP contribution in [0.1, 0.15) is 19.8 Å². The van der Waals surface area contributed by atoms with Crippen molar-refractivity contribution >= 4 is 9.84 Å². The maximum absolute atomic E-state index is 10.8. The highest BCUT2D eigenvalue weighted by atomic mass is 32.2. The highest BCUT2D eigenvalue weighted by molar-refractivity contribution is 7.90. The summed E-state index contributed by atoms with van der Waals surface area (Å²) in [7, 11) is -2.90. The molecular formula is C11H23NO3S. The Labute approximate surface area is 99.0 Å². The Kier molecular flexibility index (Phi) is 8.51. The molecular weight excluding hydrogens is 226 g/mol. The van der Waals surface area contributed by atoms with Crippen molar-refractivity contribution in [1.29, 1.82) is 0 Å². The first-order chi connectivity index (χ1) is 7.45. The van der Waals surface area contributed by atoms with Crippen LogP contribution in [0.15, 0.2) is 12.7 Å². The van der Waals surface area contributed by atoms with Crippen LogP contribution in [0.3, 0.4) is 0 Å². The number of rotatable bonds is 10. The van der Waals surface area contributed by atoms with Crippen molar-refractivity contribution in [3.8, 4) is 0 Å². The molecule has 0 aliphatic rings. The smallest absolute Gasteiger partial charge is 0.149 e. The number of allylic oxidation sites excluding steroid dienone is 1. The molecule has 0 aliphatic carbocycles. The SMILES string of the molecule is C=CCCC(C)NCCOCCS(C)(=O)=O. The van der Waals surface area contributed by atoms with Crippen LogP contribution in [0.4, 0.5) is 0 Å². The predicted octanol–water partition coefficient (Wildman–Crippen LogP) is 0.992. The largest absolute Gasteiger partial charge is 0.379 e. The monoisotopic (exact) mass is 249 g/mol. The molecule has 1 N–H and O–H groups in total. The van der Waals surface area contributed by atoms with Gasteiger partial charge in [0.2, 0.25) is 0 Å². The zero-order valence-electron chi connectivity index (χ0n) is 10.2. The Morgan fingerprint density at radius 1 is 1.44 bits per heavy atom. The number of hydrogen-bond acceptors (Lipinski definition) is 4. The standard InChI is InChI=1S/C11H23NO3S/c1-4-5-6-11(2)12-7-8-15-9-10-16(3,13)14/h4,11-12H,1,5-10H2,2-3H3. The second-order valence-corrected chi connectivity index (χ2v) is 6.22. The van der Waals surface area contributed by atoms with Crippen LogP contribution in [0.25, 0.3) is 0 Å². The van der Waals surface area contributed by atoms with Crippen LogP contribution in [-0.4, -0.2) is 46.2 Å². The van der Waals surface area contributed by atoms with E-state index in [1.165, 1.54) is 6.26 Å². The first-order valence-electron chi connectivity index (χ1n) is 5.55. The third-order valence-corrected chi connectivity index (χ3v) is 3.05. The Balaban J connectivity index is 3.30. The van der Waals surface area contributed by atoms with Gasteiger partial charge < -0.3 is 10.1 Å². The van der Waals surface area contributed by atoms with Gasteiger partial charge in [-0.3, -0.25) is 0 Å². The molecule has 0 radical (unpaired) electrons. The van der Waals surface area contributed by atoms with Gasteiger partial charge in [0.25, 0.3) is 0 Å². The summed E-state index contributed by atoms with van der Waals surface area (Å²) in [4.78, 5) is 0. The molecule has 0 heterocycles. The van der Waals surface area contributed by atoms with Crippen molar-refractivity contribution in [2.45, 2.75) is 25.8 Å². The van der Waals surface area contributed by atoms with Gasteiger partial charge in [0, 0.05) is 18.8 Å². The maximum atomic E-state index is 10.8. The van der Waals surface area contributed by atoms with Crippen LogP contribution in [0.5, 0.6) is 0 Å². The molecule has 5 heteroatoms. The molecule has 96 valence electrons. The van der Waals surface area contributed by atoms with Crippen molar-refractivity contribution < 1.29 is 13.2 Å². The highest BCUT2D eigenvalue weighted by Crippen LogP contribution is 1.95. The lowest BCUT2D eigenvalue weighted by Crippen LogP contribution is -2.29. The van der Waals surface area contributed by atoms with Crippen LogP contribution in [0, 0.1) is 0 Å². The molecule has 0 spiro atoms. The number of ether oxygens (including phenoxy) is 1. The van der Waals surface area contributed by atoms with Crippen LogP contribution in [-0.2, 0) is 14.6 Å². The summed E-state index contributed by atoms with van der Waals surface area (Å²) in [6.07, 6.45) is 5.18. The summed E-state index contributed by atoms with van der Waals surface area (Å²) in [6, 6.07) is 0.441. The summed E-state index contributed by atoms with van der Waals surface area (Å²) in [5, 5.41) is 3.29. The fraction of sp³-hybridized carbons (Fsp3) is 0.818. The van der Waals surface area contributed by atoms with E-state index in [9.17, 15) is 8.42 Å². The number of nitrogens with one attached hydrogen (secondary N) is 1. The van der Waals surface area contributed by atoms with E-state index in [-0.39, 0.29) is 12.4 Å². The molecule has 16 heavy (non-hydrogen) atoms. The molecule has 4 nitrogen and oxygen atoms in total. The van der Waals surface area contributed by atoms with E-state index in [0.29, 0.717) is 12.6 Å². The average molecular weight is 249 g/mol. The summed E-state index contributed by atoms with van der Waals surface area (Å²) in [6.45, 7) is 7.36. The molecule has 1 unspecified atom stereocenters. The van der Waals surface area contributed by atoms with Gasteiger partial charge in [-0.2, -0.15) is 0 Å². The number of sulfone groups is 1. The van der Waals surface area contributed by atoms with E-state index < -0.39 is 9.84 Å². The third-order valence-electron chi connectivity index (χ3n) is 2.14. The van der Waals surface area contributed by atoms with Crippen LogP contribution >= 0.6 is 0 Å². The molecule has 0 rings (SSSR count). The first kappa shape index (κ1) is 15.6. The summed E-state index contributed by atoms with van der Waals surface area (Å²) in [5.41, 5.74) is 0. The molecule has 1 atom stereocenters. The molecule has 0 aromatic carbocycles. The maximum Gasteiger partial charge on any atom is 0.149 e. The van der Waals surface area contributed by atoms with E-state index in [0.717, 1.165) is 19.4 Å². The van der Waals surface area contributed by atoms with E-state index in [1.54, 1.807) is 0 Å². The van der Waals surface area contributed by atoms with Gasteiger partial charge in [-0.05, 0) is 19.8 Å². The second kappa shape index (κ2) is 8.73. The topological polar surface area (TPSA) is 55.4 Å². The van der Waals surface area contributed by atoms with E-state index in [4.69, 9.17) is 4.74 Å². The Morgan fingerprint density at radius 2 is 2.12 bits per heavy atom. The molecule has 0 aromatic rings. The van der Waals surface area contributed by atoms with Gasteiger partial charge in [0.15, 0.2) is 0 Å². The molecule has 0 bridgehead atoms. The highest BCUT2D eigenvalue weighted by Gasteiger charge is 2.02. The molecule has 0 aromatic heterocycles. The first-order valence-corrected chi connectivity index (χ1v) is 7.61. The zero-order valence-corrected chi connectivity index (χ0v) is 11.1. The summed E-state index contributed by atoms with van der Waals surface area (Å²) in [5.74, 6) is 0.0962. The summed E-state index contributed by atoms with van der Waals surface area (Å²) >= 11 is 0. The molecule has 0 saturated carbocycles. The second-order valence-electron chi connectivity index (χ2n) is 3.96. The minimum absolute atomic E-state index is 0.0962. The van der Waals surface area contributed by atoms with Gasteiger partial charge in [0.1, 0.15) is 9.84 Å². The number of hydrogen-bond donors (Lipinski definition) is 1. The third kappa shape index (κ3) is 11.7. The van der Waals surface area contributed by atoms with Crippen molar-refractivity contribution in [2.24, 2.45) is 0 Å². The lowest BCUT2D eigenvalue weighted by atomic mass is 10.2. The predicted molar refractivity (Wildman–Crippen MR) is 67.4 cm³/mol. The van der Waals surface area contributed by atoms with Crippen molar-refractivity contribution in [1.82, 2.24) is 5.32 Å². The van der Waals surface area contributed by atoms with Crippen molar-refractivity contribution in [2.75, 3.05) is 31.8 Å². The van der Waals surface area contributed by atoms with Crippen molar-refractivity contribution in [3.05, 3.63) is 12.7 Å². The minimum Gasteiger partial charge on any atom is -0.379 e. The minimum atomic E-state index is -2.90. The quantitative estimate of drug-likeness (QED) is 0.463. The normalized spacial score (nSPS) is 13.6. The van der Waals surface area contributed by atoms with E-state index in [1.807, 2.05) is 6.08 Å². The van der Waals surface area contributed by atoms with Crippen LogP contribution in [0.2, 0.25) is 0 Å².